The van der Waals surface area contributed by atoms with Gasteiger partial charge in [-0.25, -0.2) is 4.68 Å². The summed E-state index contributed by atoms with van der Waals surface area (Å²) in [4.78, 5) is 10.9. The second-order valence-corrected chi connectivity index (χ2v) is 4.36. The maximum atomic E-state index is 10.9. The summed E-state index contributed by atoms with van der Waals surface area (Å²) < 4.78 is 2.74. The Morgan fingerprint density at radius 3 is 2.80 bits per heavy atom. The van der Waals surface area contributed by atoms with E-state index < -0.39 is 0 Å². The van der Waals surface area contributed by atoms with Crippen LogP contribution in [0.4, 0.5) is 0 Å². The molecule has 1 aromatic heterocycles. The summed E-state index contributed by atoms with van der Waals surface area (Å²) in [6.07, 6.45) is 2.54. The van der Waals surface area contributed by atoms with Crippen molar-refractivity contribution in [3.63, 3.8) is 0 Å². The van der Waals surface area contributed by atoms with E-state index in [4.69, 9.17) is 0 Å². The largest absolute Gasteiger partial charge is 0.296 e. The third-order valence-corrected chi connectivity index (χ3v) is 3.10. The van der Waals surface area contributed by atoms with Gasteiger partial charge >= 0.3 is 0 Å². The van der Waals surface area contributed by atoms with Crippen molar-refractivity contribution in [1.29, 1.82) is 0 Å². The number of hydrogen-bond acceptors (Lipinski definition) is 2. The zero-order valence-corrected chi connectivity index (χ0v) is 10.3. The van der Waals surface area contributed by atoms with Crippen molar-refractivity contribution < 1.29 is 4.79 Å². The molecule has 15 heavy (non-hydrogen) atoms. The van der Waals surface area contributed by atoms with Crippen LogP contribution in [0.15, 0.2) is 30.5 Å². The van der Waals surface area contributed by atoms with Crippen LogP contribution in [0.3, 0.4) is 0 Å². The van der Waals surface area contributed by atoms with Gasteiger partial charge in [-0.3, -0.25) is 4.79 Å². The third kappa shape index (κ3) is 1.81. The molecule has 1 heterocycles. The van der Waals surface area contributed by atoms with Gasteiger partial charge in [0.25, 0.3) is 0 Å². The number of carbonyl (C=O) groups is 1. The number of rotatable bonds is 2. The van der Waals surface area contributed by atoms with Crippen LogP contribution in [0.2, 0.25) is 0 Å². The number of hydrogen-bond donors (Lipinski definition) is 0. The average molecular weight is 312 g/mol. The monoisotopic (exact) mass is 312 g/mol. The Morgan fingerprint density at radius 1 is 1.40 bits per heavy atom. The van der Waals surface area contributed by atoms with Crippen LogP contribution >= 0.6 is 22.6 Å². The zero-order chi connectivity index (χ0) is 10.8. The van der Waals surface area contributed by atoms with E-state index in [2.05, 4.69) is 27.7 Å². The van der Waals surface area contributed by atoms with E-state index in [0.717, 1.165) is 21.1 Å². The van der Waals surface area contributed by atoms with Gasteiger partial charge in [-0.2, -0.15) is 5.10 Å². The second kappa shape index (κ2) is 4.14. The number of para-hydroxylation sites is 1. The molecule has 0 N–H and O–H groups in total. The molecule has 0 aliphatic carbocycles. The average Bonchev–Trinajstić information content (AvgIpc) is 2.60. The van der Waals surface area contributed by atoms with Crippen LogP contribution < -0.4 is 0 Å². The van der Waals surface area contributed by atoms with Crippen LogP contribution in [-0.4, -0.2) is 16.1 Å². The predicted octanol–water partition coefficient (Wildman–Crippen LogP) is 2.60. The minimum absolute atomic E-state index is 0.610. The molecule has 3 nitrogen and oxygen atoms in total. The normalized spacial score (nSPS) is 10.3. The van der Waals surface area contributed by atoms with E-state index in [1.165, 1.54) is 0 Å². The number of aldehydes is 1. The number of aryl methyl sites for hydroxylation is 1. The molecule has 4 heteroatoms. The van der Waals surface area contributed by atoms with E-state index in [1.54, 1.807) is 10.9 Å². The van der Waals surface area contributed by atoms with Crippen LogP contribution in [0.25, 0.3) is 5.69 Å². The Balaban J connectivity index is 2.64. The summed E-state index contributed by atoms with van der Waals surface area (Å²) in [5.74, 6) is 0. The van der Waals surface area contributed by atoms with Crippen LogP contribution in [0.5, 0.6) is 0 Å². The number of benzene rings is 1. The van der Waals surface area contributed by atoms with Gasteiger partial charge in [-0.15, -0.1) is 0 Å². The highest BCUT2D eigenvalue weighted by atomic mass is 127. The van der Waals surface area contributed by atoms with Gasteiger partial charge in [0.15, 0.2) is 6.29 Å². The topological polar surface area (TPSA) is 34.9 Å². The van der Waals surface area contributed by atoms with Crippen LogP contribution in [0, 0.1) is 10.5 Å². The van der Waals surface area contributed by atoms with Gasteiger partial charge in [-0.05, 0) is 47.2 Å². The fourth-order valence-corrected chi connectivity index (χ4v) is 2.01. The first-order chi connectivity index (χ1) is 7.24. The molecule has 76 valence electrons. The quantitative estimate of drug-likeness (QED) is 0.631. The summed E-state index contributed by atoms with van der Waals surface area (Å²) in [7, 11) is 0. The second-order valence-electron chi connectivity index (χ2n) is 3.19. The van der Waals surface area contributed by atoms with Crippen molar-refractivity contribution in [3.8, 4) is 5.69 Å². The Kier molecular flexibility index (Phi) is 2.86. The number of carbonyl (C=O) groups excluding carboxylic acids is 1. The lowest BCUT2D eigenvalue weighted by atomic mass is 10.3. The molecule has 0 bridgehead atoms. The summed E-state index contributed by atoms with van der Waals surface area (Å²) >= 11 is 2.23. The molecule has 0 fully saturated rings. The first-order valence-corrected chi connectivity index (χ1v) is 5.56. The molecule has 2 aromatic rings. The lowest BCUT2D eigenvalue weighted by molar-refractivity contribution is 0.111. The lowest BCUT2D eigenvalue weighted by Gasteiger charge is -2.05. The Labute approximate surface area is 101 Å². The summed E-state index contributed by atoms with van der Waals surface area (Å²) in [6.45, 7) is 1.88. The lowest BCUT2D eigenvalue weighted by Crippen LogP contribution is -2.03. The number of halogens is 1. The van der Waals surface area contributed by atoms with Gasteiger partial charge in [0.2, 0.25) is 0 Å². The maximum absolute atomic E-state index is 10.9. The molecule has 0 atom stereocenters. The Bertz CT molecular complexity index is 505. The molecule has 0 aliphatic rings. The number of aromatic nitrogens is 2. The zero-order valence-electron chi connectivity index (χ0n) is 8.14. The molecular formula is C11H9IN2O. The standard InChI is InChI=1S/C11H9IN2O/c1-8-6-13-14(11(8)7-15)10-5-3-2-4-9(10)12/h2-7H,1H3. The predicted molar refractivity (Wildman–Crippen MR) is 66.4 cm³/mol. The van der Waals surface area contributed by atoms with Gasteiger partial charge in [0.05, 0.1) is 11.9 Å². The van der Waals surface area contributed by atoms with Crippen molar-refractivity contribution in [1.82, 2.24) is 9.78 Å². The highest BCUT2D eigenvalue weighted by Gasteiger charge is 2.09. The Morgan fingerprint density at radius 2 is 2.13 bits per heavy atom. The molecular weight excluding hydrogens is 303 g/mol. The van der Waals surface area contributed by atoms with Crippen molar-refractivity contribution >= 4 is 28.9 Å². The maximum Gasteiger partial charge on any atom is 0.168 e. The molecule has 0 unspecified atom stereocenters. The van der Waals surface area contributed by atoms with Gasteiger partial charge in [0, 0.05) is 3.57 Å². The Hall–Kier alpha value is -1.17. The first-order valence-electron chi connectivity index (χ1n) is 4.48. The first kappa shape index (κ1) is 10.4. The van der Waals surface area contributed by atoms with Gasteiger partial charge < -0.3 is 0 Å². The molecule has 0 saturated heterocycles. The van der Waals surface area contributed by atoms with E-state index >= 15 is 0 Å². The highest BCUT2D eigenvalue weighted by molar-refractivity contribution is 14.1. The van der Waals surface area contributed by atoms with Crippen LogP contribution in [0.1, 0.15) is 16.1 Å². The minimum atomic E-state index is 0.610. The van der Waals surface area contributed by atoms with Gasteiger partial charge in [-0.1, -0.05) is 12.1 Å². The van der Waals surface area contributed by atoms with E-state index in [0.29, 0.717) is 5.69 Å². The van der Waals surface area contributed by atoms with Crippen molar-refractivity contribution in [2.24, 2.45) is 0 Å². The van der Waals surface area contributed by atoms with Crippen molar-refractivity contribution in [2.45, 2.75) is 6.92 Å². The summed E-state index contributed by atoms with van der Waals surface area (Å²) in [5, 5.41) is 4.20. The van der Waals surface area contributed by atoms with E-state index in [9.17, 15) is 4.79 Å². The van der Waals surface area contributed by atoms with Crippen molar-refractivity contribution in [3.05, 3.63) is 45.3 Å². The molecule has 0 spiro atoms. The van der Waals surface area contributed by atoms with Crippen LogP contribution in [-0.2, 0) is 0 Å². The number of nitrogens with zero attached hydrogens (tertiary/aromatic N) is 2. The molecule has 0 saturated carbocycles. The fraction of sp³-hybridized carbons (Fsp3) is 0.0909. The highest BCUT2D eigenvalue weighted by Crippen LogP contribution is 2.18. The molecule has 0 radical (unpaired) electrons. The third-order valence-electron chi connectivity index (χ3n) is 2.19. The molecule has 0 aliphatic heterocycles. The molecule has 1 aromatic carbocycles. The van der Waals surface area contributed by atoms with E-state index in [-0.39, 0.29) is 0 Å². The smallest absolute Gasteiger partial charge is 0.168 e. The SMILES string of the molecule is Cc1cnn(-c2ccccc2I)c1C=O. The van der Waals surface area contributed by atoms with Gasteiger partial charge in [0.1, 0.15) is 5.69 Å². The summed E-state index contributed by atoms with van der Waals surface area (Å²) in [6, 6.07) is 7.83. The van der Waals surface area contributed by atoms with Crippen molar-refractivity contribution in [2.75, 3.05) is 0 Å². The molecule has 0 amide bonds. The minimum Gasteiger partial charge on any atom is -0.296 e. The van der Waals surface area contributed by atoms with E-state index in [1.807, 2.05) is 31.2 Å². The summed E-state index contributed by atoms with van der Waals surface area (Å²) in [5.41, 5.74) is 2.44. The fourth-order valence-electron chi connectivity index (χ4n) is 1.40. The molecule has 2 rings (SSSR count).